The highest BCUT2D eigenvalue weighted by Gasteiger charge is 2.35. The fourth-order valence-electron chi connectivity index (χ4n) is 3.96. The zero-order valence-corrected chi connectivity index (χ0v) is 19.4. The number of benzene rings is 1. The summed E-state index contributed by atoms with van der Waals surface area (Å²) in [6.07, 6.45) is 3.89. The fraction of sp³-hybridized carbons (Fsp3) is 0.318. The lowest BCUT2D eigenvalue weighted by atomic mass is 10.1. The first kappa shape index (κ1) is 22.0. The third-order valence-electron chi connectivity index (χ3n) is 5.53. The SMILES string of the molecule is Cc1cc(/C=C2/C(=O)NC(=S)N(c3cc(Cl)cc(Cl)c3)C2=O)c(C)n1C[C@@H]1CCCO1. The van der Waals surface area contributed by atoms with Crippen molar-refractivity contribution in [3.63, 3.8) is 0 Å². The maximum absolute atomic E-state index is 13.3. The maximum atomic E-state index is 13.3. The number of carbonyl (C=O) groups excluding carboxylic acids is 2. The molecule has 2 amide bonds. The van der Waals surface area contributed by atoms with Crippen LogP contribution in [0, 0.1) is 13.8 Å². The number of hydrogen-bond acceptors (Lipinski definition) is 4. The topological polar surface area (TPSA) is 63.6 Å². The number of nitrogens with zero attached hydrogens (tertiary/aromatic N) is 2. The van der Waals surface area contributed by atoms with Crippen molar-refractivity contribution in [2.24, 2.45) is 0 Å². The van der Waals surface area contributed by atoms with Crippen LogP contribution in [0.1, 0.15) is 29.8 Å². The van der Waals surface area contributed by atoms with Crippen LogP contribution in [0.15, 0.2) is 29.8 Å². The average Bonchev–Trinajstić information content (AvgIpc) is 3.28. The first-order valence-corrected chi connectivity index (χ1v) is 11.1. The maximum Gasteiger partial charge on any atom is 0.270 e. The first-order chi connectivity index (χ1) is 14.7. The standard InChI is InChI=1S/C22H21Cl2N3O3S/c1-12-6-14(13(2)26(12)11-18-4-3-5-30-18)7-19-20(28)25-22(31)27(21(19)29)17-9-15(23)8-16(24)10-17/h6-10,18H,3-5,11H2,1-2H3,(H,25,28,31)/b19-7-/t18-/m0/s1. The molecule has 0 saturated carbocycles. The van der Waals surface area contributed by atoms with Crippen molar-refractivity contribution in [1.29, 1.82) is 0 Å². The Bertz CT molecular complexity index is 1100. The van der Waals surface area contributed by atoms with Gasteiger partial charge in [-0.05, 0) is 74.8 Å². The van der Waals surface area contributed by atoms with Gasteiger partial charge in [-0.25, -0.2) is 0 Å². The van der Waals surface area contributed by atoms with Gasteiger partial charge in [0.05, 0.1) is 11.8 Å². The molecule has 1 aromatic heterocycles. The van der Waals surface area contributed by atoms with Crippen LogP contribution >= 0.6 is 35.4 Å². The quantitative estimate of drug-likeness (QED) is 0.402. The summed E-state index contributed by atoms with van der Waals surface area (Å²) in [5, 5.41) is 3.28. The number of nitrogens with one attached hydrogen (secondary N) is 1. The molecule has 6 nitrogen and oxygen atoms in total. The predicted octanol–water partition coefficient (Wildman–Crippen LogP) is 4.42. The van der Waals surface area contributed by atoms with Gasteiger partial charge in [0.15, 0.2) is 5.11 Å². The Morgan fingerprint density at radius 3 is 2.55 bits per heavy atom. The molecule has 0 unspecified atom stereocenters. The van der Waals surface area contributed by atoms with Gasteiger partial charge in [0.1, 0.15) is 5.57 Å². The molecule has 2 fully saturated rings. The summed E-state index contributed by atoms with van der Waals surface area (Å²) in [6.45, 7) is 5.51. The lowest BCUT2D eigenvalue weighted by Crippen LogP contribution is -2.54. The van der Waals surface area contributed by atoms with E-state index in [1.54, 1.807) is 24.3 Å². The number of anilines is 1. The van der Waals surface area contributed by atoms with Gasteiger partial charge in [-0.1, -0.05) is 23.2 Å². The Labute approximate surface area is 195 Å². The summed E-state index contributed by atoms with van der Waals surface area (Å²) in [5.41, 5.74) is 3.18. The van der Waals surface area contributed by atoms with E-state index in [2.05, 4.69) is 9.88 Å². The van der Waals surface area contributed by atoms with Crippen molar-refractivity contribution in [3.8, 4) is 0 Å². The van der Waals surface area contributed by atoms with Crippen molar-refractivity contribution in [1.82, 2.24) is 9.88 Å². The number of carbonyl (C=O) groups is 2. The van der Waals surface area contributed by atoms with Gasteiger partial charge in [-0.2, -0.15) is 0 Å². The Morgan fingerprint density at radius 2 is 1.90 bits per heavy atom. The molecule has 3 heterocycles. The molecule has 31 heavy (non-hydrogen) atoms. The van der Waals surface area contributed by atoms with Gasteiger partial charge < -0.3 is 9.30 Å². The number of ether oxygens (including phenoxy) is 1. The smallest absolute Gasteiger partial charge is 0.270 e. The van der Waals surface area contributed by atoms with Crippen LogP contribution in [-0.2, 0) is 20.9 Å². The molecule has 1 aromatic carbocycles. The number of hydrogen-bond donors (Lipinski definition) is 1. The van der Waals surface area contributed by atoms with E-state index >= 15 is 0 Å². The van der Waals surface area contributed by atoms with Crippen LogP contribution in [0.4, 0.5) is 5.69 Å². The van der Waals surface area contributed by atoms with Gasteiger partial charge in [-0.15, -0.1) is 0 Å². The Hall–Kier alpha value is -2.19. The molecule has 4 rings (SSSR count). The zero-order valence-electron chi connectivity index (χ0n) is 17.1. The van der Waals surface area contributed by atoms with Gasteiger partial charge in [0.25, 0.3) is 11.8 Å². The third-order valence-corrected chi connectivity index (χ3v) is 6.25. The van der Waals surface area contributed by atoms with E-state index in [1.165, 1.54) is 4.90 Å². The molecule has 0 bridgehead atoms. The van der Waals surface area contributed by atoms with Crippen molar-refractivity contribution < 1.29 is 14.3 Å². The molecule has 1 atom stereocenters. The summed E-state index contributed by atoms with van der Waals surface area (Å²) < 4.78 is 7.92. The third kappa shape index (κ3) is 4.41. The first-order valence-electron chi connectivity index (χ1n) is 9.90. The molecule has 162 valence electrons. The van der Waals surface area contributed by atoms with Gasteiger partial charge in [0, 0.05) is 34.6 Å². The van der Waals surface area contributed by atoms with Gasteiger partial charge in [0.2, 0.25) is 0 Å². The summed E-state index contributed by atoms with van der Waals surface area (Å²) in [7, 11) is 0. The van der Waals surface area contributed by atoms with Crippen molar-refractivity contribution in [3.05, 3.63) is 56.8 Å². The molecule has 2 aliphatic rings. The molecule has 1 N–H and O–H groups in total. The Morgan fingerprint density at radius 1 is 1.19 bits per heavy atom. The summed E-state index contributed by atoms with van der Waals surface area (Å²) >= 11 is 17.4. The number of halogens is 2. The second kappa shape index (κ2) is 8.74. The van der Waals surface area contributed by atoms with Crippen LogP contribution in [0.2, 0.25) is 10.0 Å². The van der Waals surface area contributed by atoms with Gasteiger partial charge in [-0.3, -0.25) is 19.8 Å². The number of aryl methyl sites for hydroxylation is 1. The number of amides is 2. The van der Waals surface area contributed by atoms with Crippen molar-refractivity contribution in [2.45, 2.75) is 39.3 Å². The second-order valence-electron chi connectivity index (χ2n) is 7.66. The normalized spacial score (nSPS) is 20.6. The minimum atomic E-state index is -0.539. The van der Waals surface area contributed by atoms with E-state index in [0.717, 1.165) is 42.9 Å². The highest BCUT2D eigenvalue weighted by atomic mass is 35.5. The molecule has 2 aliphatic heterocycles. The molecular weight excluding hydrogens is 457 g/mol. The highest BCUT2D eigenvalue weighted by Crippen LogP contribution is 2.29. The average molecular weight is 478 g/mol. The second-order valence-corrected chi connectivity index (χ2v) is 8.92. The fourth-order valence-corrected chi connectivity index (χ4v) is 4.76. The summed E-state index contributed by atoms with van der Waals surface area (Å²) in [6, 6.07) is 6.66. The van der Waals surface area contributed by atoms with E-state index in [9.17, 15) is 9.59 Å². The largest absolute Gasteiger partial charge is 0.376 e. The van der Waals surface area contributed by atoms with E-state index in [4.69, 9.17) is 40.2 Å². The molecular formula is C22H21Cl2N3O3S. The lowest BCUT2D eigenvalue weighted by molar-refractivity contribution is -0.122. The van der Waals surface area contributed by atoms with Crippen LogP contribution < -0.4 is 10.2 Å². The van der Waals surface area contributed by atoms with Crippen molar-refractivity contribution in [2.75, 3.05) is 11.5 Å². The molecule has 0 aliphatic carbocycles. The molecule has 2 saturated heterocycles. The number of rotatable bonds is 4. The minimum Gasteiger partial charge on any atom is -0.376 e. The van der Waals surface area contributed by atoms with Crippen LogP contribution in [0.3, 0.4) is 0 Å². The van der Waals surface area contributed by atoms with Crippen LogP contribution in [-0.4, -0.2) is 34.2 Å². The van der Waals surface area contributed by atoms with Crippen molar-refractivity contribution >= 4 is 64.1 Å². The number of aromatic nitrogens is 1. The molecule has 2 aromatic rings. The minimum absolute atomic E-state index is 0.0120. The highest BCUT2D eigenvalue weighted by molar-refractivity contribution is 7.80. The summed E-state index contributed by atoms with van der Waals surface area (Å²) in [4.78, 5) is 27.1. The summed E-state index contributed by atoms with van der Waals surface area (Å²) in [5.74, 6) is -1.07. The predicted molar refractivity (Wildman–Crippen MR) is 126 cm³/mol. The molecule has 0 spiro atoms. The number of thiocarbonyl (C=S) groups is 1. The Kier molecular flexibility index (Phi) is 6.21. The van der Waals surface area contributed by atoms with E-state index in [1.807, 2.05) is 19.9 Å². The van der Waals surface area contributed by atoms with E-state index in [0.29, 0.717) is 15.7 Å². The zero-order chi connectivity index (χ0) is 22.3. The van der Waals surface area contributed by atoms with E-state index in [-0.39, 0.29) is 16.8 Å². The van der Waals surface area contributed by atoms with E-state index < -0.39 is 11.8 Å². The Balaban J connectivity index is 1.69. The monoisotopic (exact) mass is 477 g/mol. The van der Waals surface area contributed by atoms with Gasteiger partial charge >= 0.3 is 0 Å². The van der Waals surface area contributed by atoms with Crippen LogP contribution in [0.25, 0.3) is 6.08 Å². The lowest BCUT2D eigenvalue weighted by Gasteiger charge is -2.29. The van der Waals surface area contributed by atoms with Crippen LogP contribution in [0.5, 0.6) is 0 Å². The molecule has 0 radical (unpaired) electrons. The molecule has 9 heteroatoms.